The van der Waals surface area contributed by atoms with E-state index in [1.54, 1.807) is 0 Å². The highest BCUT2D eigenvalue weighted by Gasteiger charge is 2.22. The minimum Gasteiger partial charge on any atom is -0.394 e. The predicted molar refractivity (Wildman–Crippen MR) is 107 cm³/mol. The second-order valence-corrected chi connectivity index (χ2v) is 6.51. The molecule has 0 unspecified atom stereocenters. The molecule has 0 aromatic heterocycles. The lowest BCUT2D eigenvalue weighted by Crippen LogP contribution is -2.47. The first-order chi connectivity index (χ1) is 10.6. The second-order valence-electron chi connectivity index (χ2n) is 6.51. The van der Waals surface area contributed by atoms with Gasteiger partial charge in [-0.15, -0.1) is 24.8 Å². The van der Waals surface area contributed by atoms with E-state index in [4.69, 9.17) is 5.73 Å². The molecule has 5 heteroatoms. The van der Waals surface area contributed by atoms with Crippen LogP contribution in [0.1, 0.15) is 63.0 Å². The van der Waals surface area contributed by atoms with Crippen LogP contribution in [0.3, 0.4) is 0 Å². The Labute approximate surface area is 159 Å². The molecule has 0 amide bonds. The van der Waals surface area contributed by atoms with Crippen LogP contribution in [0.25, 0.3) is 0 Å². The molecule has 0 atom stereocenters. The maximum Gasteiger partial charge on any atom is 0.0633 e. The molecule has 142 valence electrons. The molecule has 0 heterocycles. The van der Waals surface area contributed by atoms with Gasteiger partial charge in [-0.1, -0.05) is 63.3 Å². The Hall–Kier alpha value is -0.320. The number of hydrogen-bond acceptors (Lipinski definition) is 3. The summed E-state index contributed by atoms with van der Waals surface area (Å²) in [4.78, 5) is 0. The summed E-state index contributed by atoms with van der Waals surface area (Å²) in [5, 5.41) is 18.4. The molecule has 1 aromatic carbocycles. The third-order valence-corrected chi connectivity index (χ3v) is 4.38. The Morgan fingerprint density at radius 3 is 1.75 bits per heavy atom. The summed E-state index contributed by atoms with van der Waals surface area (Å²) in [5.41, 5.74) is 7.63. The average molecular weight is 380 g/mol. The van der Waals surface area contributed by atoms with Crippen molar-refractivity contribution in [2.45, 2.75) is 70.3 Å². The topological polar surface area (TPSA) is 66.5 Å². The number of hydrogen-bond donors (Lipinski definition) is 3. The van der Waals surface area contributed by atoms with E-state index >= 15 is 0 Å². The van der Waals surface area contributed by atoms with Gasteiger partial charge in [0.05, 0.1) is 18.8 Å². The smallest absolute Gasteiger partial charge is 0.0633 e. The summed E-state index contributed by atoms with van der Waals surface area (Å²) < 4.78 is 0. The maximum atomic E-state index is 9.20. The Bertz CT molecular complexity index is 395. The zero-order valence-electron chi connectivity index (χ0n) is 14.9. The van der Waals surface area contributed by atoms with Crippen molar-refractivity contribution < 1.29 is 10.2 Å². The third kappa shape index (κ3) is 10.5. The largest absolute Gasteiger partial charge is 0.394 e. The Morgan fingerprint density at radius 2 is 1.25 bits per heavy atom. The van der Waals surface area contributed by atoms with Gasteiger partial charge in [-0.25, -0.2) is 0 Å². The van der Waals surface area contributed by atoms with E-state index in [-0.39, 0.29) is 38.0 Å². The van der Waals surface area contributed by atoms with Crippen molar-refractivity contribution in [2.75, 3.05) is 13.2 Å². The SMILES string of the molecule is CCCCCCCCc1ccc(CCC(N)(CO)CO)cc1.Cl.Cl. The van der Waals surface area contributed by atoms with E-state index < -0.39 is 5.54 Å². The molecule has 0 radical (unpaired) electrons. The number of rotatable bonds is 12. The van der Waals surface area contributed by atoms with Gasteiger partial charge in [0.15, 0.2) is 0 Å². The zero-order valence-corrected chi connectivity index (χ0v) is 16.5. The summed E-state index contributed by atoms with van der Waals surface area (Å²) in [7, 11) is 0. The summed E-state index contributed by atoms with van der Waals surface area (Å²) >= 11 is 0. The average Bonchev–Trinajstić information content (AvgIpc) is 2.57. The first-order valence-corrected chi connectivity index (χ1v) is 8.72. The Kier molecular flexibility index (Phi) is 16.2. The lowest BCUT2D eigenvalue weighted by atomic mass is 9.93. The fraction of sp³-hybridized carbons (Fsp3) is 0.684. The van der Waals surface area contributed by atoms with Gasteiger partial charge in [-0.3, -0.25) is 0 Å². The summed E-state index contributed by atoms with van der Waals surface area (Å²) in [6.45, 7) is 1.89. The number of nitrogens with two attached hydrogens (primary N) is 1. The Morgan fingerprint density at radius 1 is 0.792 bits per heavy atom. The van der Waals surface area contributed by atoms with E-state index in [0.29, 0.717) is 6.42 Å². The molecule has 4 N–H and O–H groups in total. The van der Waals surface area contributed by atoms with Gasteiger partial charge in [0.1, 0.15) is 0 Å². The number of aliphatic hydroxyl groups excluding tert-OH is 2. The predicted octanol–water partition coefficient (Wildman–Crippen LogP) is 4.05. The highest BCUT2D eigenvalue weighted by Crippen LogP contribution is 2.14. The molecular weight excluding hydrogens is 345 g/mol. The van der Waals surface area contributed by atoms with E-state index in [2.05, 4.69) is 31.2 Å². The van der Waals surface area contributed by atoms with Gasteiger partial charge >= 0.3 is 0 Å². The molecule has 0 bridgehead atoms. The fourth-order valence-corrected chi connectivity index (χ4v) is 2.58. The first kappa shape index (κ1) is 25.9. The normalized spacial score (nSPS) is 10.8. The molecule has 0 saturated heterocycles. The van der Waals surface area contributed by atoms with E-state index in [0.717, 1.165) is 12.8 Å². The molecule has 0 spiro atoms. The number of halogens is 2. The van der Waals surface area contributed by atoms with Crippen molar-refractivity contribution in [3.63, 3.8) is 0 Å². The molecule has 24 heavy (non-hydrogen) atoms. The number of aliphatic hydroxyl groups is 2. The monoisotopic (exact) mass is 379 g/mol. The van der Waals surface area contributed by atoms with Crippen LogP contribution in [0.15, 0.2) is 24.3 Å². The van der Waals surface area contributed by atoms with Crippen molar-refractivity contribution in [2.24, 2.45) is 5.73 Å². The molecule has 0 aliphatic rings. The molecule has 1 aromatic rings. The van der Waals surface area contributed by atoms with Crippen LogP contribution >= 0.6 is 24.8 Å². The van der Waals surface area contributed by atoms with Crippen LogP contribution in [-0.2, 0) is 12.8 Å². The Balaban J connectivity index is 0. The van der Waals surface area contributed by atoms with Crippen LogP contribution in [-0.4, -0.2) is 29.0 Å². The van der Waals surface area contributed by atoms with Gasteiger partial charge < -0.3 is 15.9 Å². The van der Waals surface area contributed by atoms with Crippen molar-refractivity contribution in [3.8, 4) is 0 Å². The molecule has 0 fully saturated rings. The van der Waals surface area contributed by atoms with Crippen LogP contribution in [0.4, 0.5) is 0 Å². The number of benzene rings is 1. The van der Waals surface area contributed by atoms with Crippen molar-refractivity contribution in [1.82, 2.24) is 0 Å². The zero-order chi connectivity index (χ0) is 16.3. The second kappa shape index (κ2) is 15.0. The van der Waals surface area contributed by atoms with Crippen molar-refractivity contribution in [3.05, 3.63) is 35.4 Å². The lowest BCUT2D eigenvalue weighted by molar-refractivity contribution is 0.115. The minimum atomic E-state index is -0.864. The quantitative estimate of drug-likeness (QED) is 0.479. The number of aryl methyl sites for hydroxylation is 2. The van der Waals surface area contributed by atoms with Gasteiger partial charge in [0, 0.05) is 0 Å². The van der Waals surface area contributed by atoms with Crippen LogP contribution in [0.2, 0.25) is 0 Å². The van der Waals surface area contributed by atoms with Gasteiger partial charge in [0.25, 0.3) is 0 Å². The summed E-state index contributed by atoms with van der Waals surface area (Å²) in [5.74, 6) is 0. The summed E-state index contributed by atoms with van der Waals surface area (Å²) in [6, 6.07) is 8.66. The molecule has 0 aliphatic carbocycles. The van der Waals surface area contributed by atoms with Gasteiger partial charge in [-0.05, 0) is 36.8 Å². The molecule has 1 rings (SSSR count). The van der Waals surface area contributed by atoms with Gasteiger partial charge in [-0.2, -0.15) is 0 Å². The van der Waals surface area contributed by atoms with Crippen LogP contribution in [0.5, 0.6) is 0 Å². The fourth-order valence-electron chi connectivity index (χ4n) is 2.58. The highest BCUT2D eigenvalue weighted by atomic mass is 35.5. The maximum absolute atomic E-state index is 9.20. The van der Waals surface area contributed by atoms with E-state index in [9.17, 15) is 10.2 Å². The molecular formula is C19H35Cl2NO2. The lowest BCUT2D eigenvalue weighted by Gasteiger charge is -2.24. The standard InChI is InChI=1S/C19H33NO2.2ClH/c1-2-3-4-5-6-7-8-17-9-11-18(12-10-17)13-14-19(20,15-21)16-22;;/h9-12,21-22H,2-8,13-16,20H2,1H3;2*1H. The van der Waals surface area contributed by atoms with Gasteiger partial charge in [0.2, 0.25) is 0 Å². The number of unbranched alkanes of at least 4 members (excludes halogenated alkanes) is 5. The highest BCUT2D eigenvalue weighted by molar-refractivity contribution is 5.85. The van der Waals surface area contributed by atoms with E-state index in [1.807, 2.05) is 0 Å². The summed E-state index contributed by atoms with van der Waals surface area (Å²) in [6.07, 6.45) is 10.5. The van der Waals surface area contributed by atoms with Crippen LogP contribution < -0.4 is 5.73 Å². The molecule has 0 saturated carbocycles. The van der Waals surface area contributed by atoms with Crippen molar-refractivity contribution in [1.29, 1.82) is 0 Å². The van der Waals surface area contributed by atoms with Crippen molar-refractivity contribution >= 4 is 24.8 Å². The third-order valence-electron chi connectivity index (χ3n) is 4.38. The minimum absolute atomic E-state index is 0. The molecule has 0 aliphatic heterocycles. The van der Waals surface area contributed by atoms with Crippen LogP contribution in [0, 0.1) is 0 Å². The molecule has 3 nitrogen and oxygen atoms in total. The first-order valence-electron chi connectivity index (χ1n) is 8.72. The van der Waals surface area contributed by atoms with E-state index in [1.165, 1.54) is 49.7 Å².